The van der Waals surface area contributed by atoms with Gasteiger partial charge in [-0.15, -0.1) is 11.3 Å². The Morgan fingerprint density at radius 3 is 3.13 bits per heavy atom. The number of pyridine rings is 1. The molecule has 23 heavy (non-hydrogen) atoms. The Labute approximate surface area is 136 Å². The standard InChI is InChI=1S/C16H14N4O2S/c1-10-13-5-11(7-18-15(13)22-20-10)6-17-8-12-9-23-16(19-12)14-3-2-4-21-14/h2-5,7,9,17H,6,8H2,1H3. The zero-order valence-corrected chi connectivity index (χ0v) is 13.3. The van der Waals surface area contributed by atoms with E-state index in [0.29, 0.717) is 18.8 Å². The van der Waals surface area contributed by atoms with Crippen molar-refractivity contribution in [2.45, 2.75) is 20.0 Å². The minimum Gasteiger partial charge on any atom is -0.462 e. The maximum Gasteiger partial charge on any atom is 0.257 e. The van der Waals surface area contributed by atoms with Crippen LogP contribution in [0.5, 0.6) is 0 Å². The molecule has 0 aliphatic rings. The third-order valence-electron chi connectivity index (χ3n) is 3.49. The quantitative estimate of drug-likeness (QED) is 0.604. The number of nitrogens with one attached hydrogen (secondary N) is 1. The molecule has 0 aliphatic carbocycles. The van der Waals surface area contributed by atoms with Crippen LogP contribution in [0.2, 0.25) is 0 Å². The number of furan rings is 1. The molecule has 116 valence electrons. The van der Waals surface area contributed by atoms with Crippen molar-refractivity contribution in [3.63, 3.8) is 0 Å². The fourth-order valence-electron chi connectivity index (χ4n) is 2.32. The fraction of sp³-hybridized carbons (Fsp3) is 0.188. The minimum absolute atomic E-state index is 0.578. The molecule has 1 N–H and O–H groups in total. The van der Waals surface area contributed by atoms with Crippen LogP contribution in [0.15, 0.2) is 45.0 Å². The van der Waals surface area contributed by atoms with E-state index in [-0.39, 0.29) is 0 Å². The van der Waals surface area contributed by atoms with E-state index in [1.54, 1.807) is 23.8 Å². The normalized spacial score (nSPS) is 11.3. The second-order valence-electron chi connectivity index (χ2n) is 5.19. The van der Waals surface area contributed by atoms with Crippen LogP contribution in [-0.2, 0) is 13.1 Å². The zero-order chi connectivity index (χ0) is 15.6. The Bertz CT molecular complexity index is 927. The van der Waals surface area contributed by atoms with Gasteiger partial charge in [0.25, 0.3) is 5.71 Å². The zero-order valence-electron chi connectivity index (χ0n) is 12.4. The van der Waals surface area contributed by atoms with E-state index in [0.717, 1.165) is 33.1 Å². The van der Waals surface area contributed by atoms with E-state index in [1.165, 1.54) is 0 Å². The van der Waals surface area contributed by atoms with E-state index >= 15 is 0 Å². The Balaban J connectivity index is 1.40. The first-order chi connectivity index (χ1) is 11.3. The Morgan fingerprint density at radius 1 is 1.30 bits per heavy atom. The van der Waals surface area contributed by atoms with Gasteiger partial charge in [-0.3, -0.25) is 0 Å². The highest BCUT2D eigenvalue weighted by Gasteiger charge is 2.08. The molecule has 0 saturated heterocycles. The maximum atomic E-state index is 5.36. The molecule has 6 nitrogen and oxygen atoms in total. The maximum absolute atomic E-state index is 5.36. The minimum atomic E-state index is 0.578. The van der Waals surface area contributed by atoms with Crippen LogP contribution < -0.4 is 5.32 Å². The lowest BCUT2D eigenvalue weighted by atomic mass is 10.2. The van der Waals surface area contributed by atoms with E-state index < -0.39 is 0 Å². The molecule has 0 spiro atoms. The summed E-state index contributed by atoms with van der Waals surface area (Å²) in [7, 11) is 0. The van der Waals surface area contributed by atoms with Gasteiger partial charge in [0, 0.05) is 24.7 Å². The average Bonchev–Trinajstić information content (AvgIpc) is 3.29. The number of hydrogen-bond donors (Lipinski definition) is 1. The van der Waals surface area contributed by atoms with Crippen LogP contribution in [0.25, 0.3) is 21.9 Å². The molecule has 0 atom stereocenters. The van der Waals surface area contributed by atoms with Crippen LogP contribution in [0.1, 0.15) is 17.0 Å². The number of rotatable bonds is 5. The molecule has 0 unspecified atom stereocenters. The monoisotopic (exact) mass is 326 g/mol. The first kappa shape index (κ1) is 14.1. The van der Waals surface area contributed by atoms with E-state index in [4.69, 9.17) is 8.94 Å². The smallest absolute Gasteiger partial charge is 0.257 e. The van der Waals surface area contributed by atoms with E-state index in [1.807, 2.05) is 24.4 Å². The molecular formula is C16H14N4O2S. The lowest BCUT2D eigenvalue weighted by molar-refractivity contribution is 0.443. The molecule has 0 amide bonds. The molecule has 0 bridgehead atoms. The van der Waals surface area contributed by atoms with Gasteiger partial charge in [-0.05, 0) is 30.7 Å². The summed E-state index contributed by atoms with van der Waals surface area (Å²) in [5.74, 6) is 0.804. The fourth-order valence-corrected chi connectivity index (χ4v) is 3.11. The summed E-state index contributed by atoms with van der Waals surface area (Å²) in [6.07, 6.45) is 3.46. The number of aromatic nitrogens is 3. The second kappa shape index (κ2) is 5.94. The molecule has 0 fully saturated rings. The van der Waals surface area contributed by atoms with Crippen molar-refractivity contribution >= 4 is 22.4 Å². The molecule has 4 rings (SSSR count). The van der Waals surface area contributed by atoms with Gasteiger partial charge in [0.15, 0.2) is 10.8 Å². The van der Waals surface area contributed by atoms with Crippen molar-refractivity contribution in [1.29, 1.82) is 0 Å². The van der Waals surface area contributed by atoms with Gasteiger partial charge in [-0.2, -0.15) is 0 Å². The summed E-state index contributed by atoms with van der Waals surface area (Å²) in [6, 6.07) is 5.83. The molecule has 4 aromatic heterocycles. The van der Waals surface area contributed by atoms with Gasteiger partial charge >= 0.3 is 0 Å². The van der Waals surface area contributed by atoms with Gasteiger partial charge < -0.3 is 14.3 Å². The topological polar surface area (TPSA) is 77.0 Å². The highest BCUT2D eigenvalue weighted by atomic mass is 32.1. The lowest BCUT2D eigenvalue weighted by Crippen LogP contribution is -2.13. The van der Waals surface area contributed by atoms with Crippen LogP contribution in [0, 0.1) is 6.92 Å². The summed E-state index contributed by atoms with van der Waals surface area (Å²) in [4.78, 5) is 8.83. The SMILES string of the molecule is Cc1noc2ncc(CNCc3csc(-c4ccco4)n3)cc12. The van der Waals surface area contributed by atoms with Crippen molar-refractivity contribution in [3.8, 4) is 10.8 Å². The predicted octanol–water partition coefficient (Wildman–Crippen LogP) is 3.54. The first-order valence-corrected chi connectivity index (χ1v) is 8.07. The second-order valence-corrected chi connectivity index (χ2v) is 6.05. The van der Waals surface area contributed by atoms with Gasteiger partial charge in [-0.25, -0.2) is 9.97 Å². The predicted molar refractivity (Wildman–Crippen MR) is 86.9 cm³/mol. The summed E-state index contributed by atoms with van der Waals surface area (Å²) < 4.78 is 10.5. The molecular weight excluding hydrogens is 312 g/mol. The molecule has 4 heterocycles. The number of fused-ring (bicyclic) bond motifs is 1. The molecule has 0 radical (unpaired) electrons. The molecule has 0 aromatic carbocycles. The summed E-state index contributed by atoms with van der Waals surface area (Å²) >= 11 is 1.58. The third-order valence-corrected chi connectivity index (χ3v) is 4.39. The summed E-state index contributed by atoms with van der Waals surface area (Å²) in [6.45, 7) is 3.31. The van der Waals surface area contributed by atoms with Crippen LogP contribution in [0.4, 0.5) is 0 Å². The van der Waals surface area contributed by atoms with Gasteiger partial charge in [0.1, 0.15) is 0 Å². The third kappa shape index (κ3) is 2.88. The summed E-state index contributed by atoms with van der Waals surface area (Å²) in [5.41, 5.74) is 3.52. The largest absolute Gasteiger partial charge is 0.462 e. The number of thiazole rings is 1. The number of aryl methyl sites for hydroxylation is 1. The van der Waals surface area contributed by atoms with Gasteiger partial charge in [-0.1, -0.05) is 5.16 Å². The van der Waals surface area contributed by atoms with E-state index in [2.05, 4.69) is 26.5 Å². The molecule has 0 aliphatic heterocycles. The summed E-state index contributed by atoms with van der Waals surface area (Å²) in [5, 5.41) is 11.2. The Hall–Kier alpha value is -2.51. The van der Waals surface area contributed by atoms with Crippen LogP contribution in [-0.4, -0.2) is 15.1 Å². The van der Waals surface area contributed by atoms with Crippen molar-refractivity contribution in [3.05, 3.63) is 53.0 Å². The van der Waals surface area contributed by atoms with Crippen molar-refractivity contribution in [2.75, 3.05) is 0 Å². The molecule has 4 aromatic rings. The number of hydrogen-bond acceptors (Lipinski definition) is 7. The average molecular weight is 326 g/mol. The first-order valence-electron chi connectivity index (χ1n) is 7.19. The van der Waals surface area contributed by atoms with Gasteiger partial charge in [0.2, 0.25) is 0 Å². The van der Waals surface area contributed by atoms with E-state index in [9.17, 15) is 0 Å². The molecule has 0 saturated carbocycles. The Kier molecular flexibility index (Phi) is 3.64. The van der Waals surface area contributed by atoms with Gasteiger partial charge in [0.05, 0.1) is 23.0 Å². The highest BCUT2D eigenvalue weighted by Crippen LogP contribution is 2.24. The molecule has 7 heteroatoms. The van der Waals surface area contributed by atoms with Crippen molar-refractivity contribution < 1.29 is 8.94 Å². The van der Waals surface area contributed by atoms with Crippen LogP contribution in [0.3, 0.4) is 0 Å². The lowest BCUT2D eigenvalue weighted by Gasteiger charge is -2.02. The van der Waals surface area contributed by atoms with Crippen LogP contribution >= 0.6 is 11.3 Å². The van der Waals surface area contributed by atoms with Crippen molar-refractivity contribution in [1.82, 2.24) is 20.4 Å². The highest BCUT2D eigenvalue weighted by molar-refractivity contribution is 7.13. The Morgan fingerprint density at radius 2 is 2.26 bits per heavy atom. The number of nitrogens with zero attached hydrogens (tertiary/aromatic N) is 3. The van der Waals surface area contributed by atoms with Crippen molar-refractivity contribution in [2.24, 2.45) is 0 Å².